The van der Waals surface area contributed by atoms with Crippen LogP contribution in [0.3, 0.4) is 0 Å². The molecule has 0 atom stereocenters. The van der Waals surface area contributed by atoms with E-state index in [1.54, 1.807) is 18.2 Å². The van der Waals surface area contributed by atoms with Crippen molar-refractivity contribution in [3.63, 3.8) is 0 Å². The highest BCUT2D eigenvalue weighted by atomic mass is 16.6. The minimum absolute atomic E-state index is 0.0513. The van der Waals surface area contributed by atoms with Gasteiger partial charge in [0.25, 0.3) is 11.4 Å². The molecule has 3 rings (SSSR count). The summed E-state index contributed by atoms with van der Waals surface area (Å²) in [6.07, 6.45) is 4.09. The van der Waals surface area contributed by atoms with Crippen LogP contribution in [0, 0.1) is 20.2 Å². The number of hydrogen-bond donors (Lipinski definition) is 0. The first-order chi connectivity index (χ1) is 11.6. The number of nitro groups is 2. The number of pyridine rings is 1. The lowest BCUT2D eigenvalue weighted by atomic mass is 10.1. The van der Waals surface area contributed by atoms with Crippen molar-refractivity contribution in [3.05, 3.63) is 75.2 Å². The molecule has 0 spiro atoms. The molecule has 0 saturated carbocycles. The molecule has 0 radical (unpaired) electrons. The Balaban J connectivity index is 2.16. The number of hydrogen-bond acceptors (Lipinski definition) is 7. The molecule has 24 heavy (non-hydrogen) atoms. The first-order valence-corrected chi connectivity index (χ1v) is 6.73. The van der Waals surface area contributed by atoms with Crippen molar-refractivity contribution in [2.45, 2.75) is 0 Å². The smallest absolute Gasteiger partial charge is 0.260 e. The van der Waals surface area contributed by atoms with Gasteiger partial charge in [0.15, 0.2) is 5.69 Å². The molecule has 1 aromatic carbocycles. The van der Waals surface area contributed by atoms with Crippen molar-refractivity contribution in [3.8, 4) is 22.6 Å². The van der Waals surface area contributed by atoms with Crippen LogP contribution in [0.15, 0.2) is 55.0 Å². The highest BCUT2D eigenvalue weighted by Gasteiger charge is 2.20. The van der Waals surface area contributed by atoms with E-state index >= 15 is 0 Å². The van der Waals surface area contributed by atoms with Crippen molar-refractivity contribution >= 4 is 11.4 Å². The molecule has 2 aromatic heterocycles. The van der Waals surface area contributed by atoms with Gasteiger partial charge in [-0.25, -0.2) is 9.97 Å². The van der Waals surface area contributed by atoms with E-state index in [4.69, 9.17) is 0 Å². The summed E-state index contributed by atoms with van der Waals surface area (Å²) < 4.78 is 0. The monoisotopic (exact) mass is 323 g/mol. The third-order valence-electron chi connectivity index (χ3n) is 3.24. The second-order valence-electron chi connectivity index (χ2n) is 4.69. The van der Waals surface area contributed by atoms with E-state index in [1.165, 1.54) is 36.8 Å². The van der Waals surface area contributed by atoms with Gasteiger partial charge in [-0.15, -0.1) is 0 Å². The fourth-order valence-corrected chi connectivity index (χ4v) is 2.20. The Morgan fingerprint density at radius 1 is 0.833 bits per heavy atom. The average molecular weight is 323 g/mol. The van der Waals surface area contributed by atoms with Gasteiger partial charge in [-0.3, -0.25) is 25.2 Å². The van der Waals surface area contributed by atoms with Crippen LogP contribution < -0.4 is 0 Å². The third kappa shape index (κ3) is 2.77. The molecule has 2 heterocycles. The Labute approximate surface area is 135 Å². The molecule has 0 amide bonds. The Bertz CT molecular complexity index is 872. The fraction of sp³-hybridized carbons (Fsp3) is 0. The van der Waals surface area contributed by atoms with Crippen molar-refractivity contribution in [1.29, 1.82) is 0 Å². The third-order valence-corrected chi connectivity index (χ3v) is 3.24. The van der Waals surface area contributed by atoms with Gasteiger partial charge in [-0.2, -0.15) is 0 Å². The lowest BCUT2D eigenvalue weighted by Crippen LogP contribution is -1.98. The number of benzene rings is 1. The first kappa shape index (κ1) is 15.2. The zero-order valence-corrected chi connectivity index (χ0v) is 12.1. The van der Waals surface area contributed by atoms with Crippen molar-refractivity contribution in [1.82, 2.24) is 15.0 Å². The van der Waals surface area contributed by atoms with Crippen molar-refractivity contribution in [2.24, 2.45) is 0 Å². The summed E-state index contributed by atoms with van der Waals surface area (Å²) in [6, 6.07) is 8.83. The molecule has 9 heteroatoms. The van der Waals surface area contributed by atoms with Gasteiger partial charge in [-0.1, -0.05) is 12.1 Å². The number of para-hydroxylation sites is 1. The molecule has 3 aromatic rings. The van der Waals surface area contributed by atoms with Gasteiger partial charge in [-0.05, 0) is 12.1 Å². The van der Waals surface area contributed by atoms with E-state index < -0.39 is 9.85 Å². The van der Waals surface area contributed by atoms with E-state index in [1.807, 2.05) is 0 Å². The summed E-state index contributed by atoms with van der Waals surface area (Å²) in [5, 5.41) is 22.3. The van der Waals surface area contributed by atoms with Crippen LogP contribution in [0.5, 0.6) is 0 Å². The molecule has 0 aliphatic heterocycles. The number of nitro benzene ring substituents is 1. The van der Waals surface area contributed by atoms with Gasteiger partial charge in [0, 0.05) is 18.3 Å². The molecular weight excluding hydrogens is 314 g/mol. The van der Waals surface area contributed by atoms with Crippen LogP contribution in [-0.4, -0.2) is 24.8 Å². The van der Waals surface area contributed by atoms with E-state index in [0.29, 0.717) is 0 Å². The average Bonchev–Trinajstić information content (AvgIpc) is 2.61. The minimum Gasteiger partial charge on any atom is -0.260 e. The Morgan fingerprint density at radius 3 is 2.25 bits per heavy atom. The molecule has 0 unspecified atom stereocenters. The maximum atomic E-state index is 11.1. The Kier molecular flexibility index (Phi) is 3.89. The largest absolute Gasteiger partial charge is 0.297 e. The maximum absolute atomic E-state index is 11.1. The number of rotatable bonds is 4. The summed E-state index contributed by atoms with van der Waals surface area (Å²) in [6.45, 7) is 0. The van der Waals surface area contributed by atoms with Crippen LogP contribution in [0.4, 0.5) is 11.4 Å². The van der Waals surface area contributed by atoms with E-state index in [2.05, 4.69) is 15.0 Å². The van der Waals surface area contributed by atoms with Crippen molar-refractivity contribution < 1.29 is 9.85 Å². The summed E-state index contributed by atoms with van der Waals surface area (Å²) in [5.74, 6) is 0. The lowest BCUT2D eigenvalue weighted by Gasteiger charge is -2.05. The van der Waals surface area contributed by atoms with Gasteiger partial charge in [0.05, 0.1) is 33.5 Å². The van der Waals surface area contributed by atoms with Gasteiger partial charge < -0.3 is 0 Å². The molecule has 118 valence electrons. The van der Waals surface area contributed by atoms with Crippen LogP contribution in [-0.2, 0) is 0 Å². The molecule has 9 nitrogen and oxygen atoms in total. The highest BCUT2D eigenvalue weighted by molar-refractivity contribution is 5.73. The zero-order valence-electron chi connectivity index (χ0n) is 12.1. The second kappa shape index (κ2) is 6.16. The summed E-state index contributed by atoms with van der Waals surface area (Å²) in [7, 11) is 0. The normalized spacial score (nSPS) is 10.3. The summed E-state index contributed by atoms with van der Waals surface area (Å²) in [5.41, 5.74) is 0.384. The predicted octanol–water partition coefficient (Wildman–Crippen LogP) is 3.02. The number of nitrogens with zero attached hydrogens (tertiary/aromatic N) is 5. The molecule has 0 N–H and O–H groups in total. The fourth-order valence-electron chi connectivity index (χ4n) is 2.20. The molecular formula is C15H9N5O4. The standard InChI is InChI=1S/C15H9N5O4/c21-19(22)13-5-2-1-4-10(13)11-8-16-9-12(18-11)15-14(20(23)24)6-3-7-17-15/h1-9H. The topological polar surface area (TPSA) is 125 Å². The maximum Gasteiger partial charge on any atom is 0.297 e. The zero-order chi connectivity index (χ0) is 17.1. The molecule has 0 aliphatic rings. The van der Waals surface area contributed by atoms with E-state index in [-0.39, 0.29) is 34.0 Å². The number of aromatic nitrogens is 3. The quantitative estimate of drug-likeness (QED) is 0.533. The SMILES string of the molecule is O=[N+]([O-])c1ccccc1-c1cncc(-c2ncccc2[N+](=O)[O-])n1. The van der Waals surface area contributed by atoms with Crippen molar-refractivity contribution in [2.75, 3.05) is 0 Å². The van der Waals surface area contributed by atoms with Gasteiger partial charge in [0.1, 0.15) is 5.69 Å². The summed E-state index contributed by atoms with van der Waals surface area (Å²) in [4.78, 5) is 33.4. The predicted molar refractivity (Wildman–Crippen MR) is 84.0 cm³/mol. The van der Waals surface area contributed by atoms with Gasteiger partial charge in [0.2, 0.25) is 0 Å². The lowest BCUT2D eigenvalue weighted by molar-refractivity contribution is -0.384. The van der Waals surface area contributed by atoms with E-state index in [0.717, 1.165) is 0 Å². The minimum atomic E-state index is -0.568. The van der Waals surface area contributed by atoms with Gasteiger partial charge >= 0.3 is 0 Å². The molecule has 0 saturated heterocycles. The highest BCUT2D eigenvalue weighted by Crippen LogP contribution is 2.30. The molecule has 0 bridgehead atoms. The van der Waals surface area contributed by atoms with Crippen LogP contribution in [0.2, 0.25) is 0 Å². The molecule has 0 aliphatic carbocycles. The Morgan fingerprint density at radius 2 is 1.50 bits per heavy atom. The van der Waals surface area contributed by atoms with Crippen LogP contribution >= 0.6 is 0 Å². The second-order valence-corrected chi connectivity index (χ2v) is 4.69. The van der Waals surface area contributed by atoms with Crippen LogP contribution in [0.25, 0.3) is 22.6 Å². The first-order valence-electron chi connectivity index (χ1n) is 6.73. The van der Waals surface area contributed by atoms with E-state index in [9.17, 15) is 20.2 Å². The van der Waals surface area contributed by atoms with Crippen LogP contribution in [0.1, 0.15) is 0 Å². The molecule has 0 fully saturated rings. The Hall–Kier alpha value is -3.75. The summed E-state index contributed by atoms with van der Waals surface area (Å²) >= 11 is 0.